The average molecular weight is 300 g/mol. The lowest BCUT2D eigenvalue weighted by Gasteiger charge is -2.37. The number of amides is 2. The van der Waals surface area contributed by atoms with E-state index >= 15 is 0 Å². The first kappa shape index (κ1) is 17.8. The minimum atomic E-state index is -0.761. The van der Waals surface area contributed by atoms with E-state index < -0.39 is 5.97 Å². The number of carbonyl (C=O) groups is 2. The molecule has 1 heterocycles. The molecule has 0 aromatic heterocycles. The molecule has 4 unspecified atom stereocenters. The zero-order valence-corrected chi connectivity index (χ0v) is 13.5. The van der Waals surface area contributed by atoms with Crippen LogP contribution in [0.2, 0.25) is 0 Å². The fourth-order valence-corrected chi connectivity index (χ4v) is 2.41. The molecule has 1 saturated heterocycles. The third-order valence-corrected chi connectivity index (χ3v) is 3.93. The third-order valence-electron chi connectivity index (χ3n) is 3.93. The molecule has 2 N–H and O–H groups in total. The van der Waals surface area contributed by atoms with Crippen LogP contribution in [0.15, 0.2) is 0 Å². The van der Waals surface area contributed by atoms with Crippen molar-refractivity contribution in [2.75, 3.05) is 13.2 Å². The van der Waals surface area contributed by atoms with E-state index in [9.17, 15) is 9.59 Å². The van der Waals surface area contributed by atoms with Crippen molar-refractivity contribution in [3.05, 3.63) is 0 Å². The second kappa shape index (κ2) is 8.22. The summed E-state index contributed by atoms with van der Waals surface area (Å²) in [6, 6.07) is 0.0701. The Morgan fingerprint density at radius 2 is 2.00 bits per heavy atom. The summed E-state index contributed by atoms with van der Waals surface area (Å²) in [7, 11) is 0. The van der Waals surface area contributed by atoms with E-state index in [1.807, 2.05) is 25.7 Å². The van der Waals surface area contributed by atoms with Crippen LogP contribution in [-0.2, 0) is 9.53 Å². The lowest BCUT2D eigenvalue weighted by Crippen LogP contribution is -2.55. The molecule has 1 rings (SSSR count). The molecule has 6 heteroatoms. The van der Waals surface area contributed by atoms with Gasteiger partial charge in [0.25, 0.3) is 0 Å². The van der Waals surface area contributed by atoms with Gasteiger partial charge in [-0.25, -0.2) is 4.79 Å². The first-order valence-corrected chi connectivity index (χ1v) is 7.72. The first-order valence-electron chi connectivity index (χ1n) is 7.72. The highest BCUT2D eigenvalue weighted by Gasteiger charge is 2.28. The number of hydrogen-bond acceptors (Lipinski definition) is 3. The highest BCUT2D eigenvalue weighted by atomic mass is 16.5. The summed E-state index contributed by atoms with van der Waals surface area (Å²) in [5.41, 5.74) is 0. The molecule has 0 aromatic carbocycles. The van der Waals surface area contributed by atoms with Crippen molar-refractivity contribution in [2.45, 2.75) is 65.1 Å². The van der Waals surface area contributed by atoms with Crippen LogP contribution in [0.5, 0.6) is 0 Å². The zero-order chi connectivity index (χ0) is 16.0. The number of carboxylic acid groups (broad SMARTS) is 1. The van der Waals surface area contributed by atoms with Gasteiger partial charge in [-0.15, -0.1) is 0 Å². The maximum atomic E-state index is 12.2. The van der Waals surface area contributed by atoms with Gasteiger partial charge in [-0.05, 0) is 33.6 Å². The SMILES string of the molecule is CC(CCCC(C)C(=O)O)NC(=O)N1CC(C)OCC1C. The zero-order valence-electron chi connectivity index (χ0n) is 13.5. The van der Waals surface area contributed by atoms with Crippen LogP contribution in [0.3, 0.4) is 0 Å². The molecule has 0 spiro atoms. The molecule has 1 aliphatic heterocycles. The van der Waals surface area contributed by atoms with E-state index in [4.69, 9.17) is 9.84 Å². The molecule has 0 aliphatic carbocycles. The van der Waals surface area contributed by atoms with E-state index in [0.29, 0.717) is 19.6 Å². The van der Waals surface area contributed by atoms with Crippen LogP contribution >= 0.6 is 0 Å². The third kappa shape index (κ3) is 5.91. The average Bonchev–Trinajstić information content (AvgIpc) is 2.41. The van der Waals surface area contributed by atoms with Crippen LogP contribution in [-0.4, -0.2) is 53.3 Å². The van der Waals surface area contributed by atoms with Gasteiger partial charge in [-0.1, -0.05) is 13.3 Å². The summed E-state index contributed by atoms with van der Waals surface area (Å²) in [5, 5.41) is 11.8. The molecule has 0 aromatic rings. The lowest BCUT2D eigenvalue weighted by atomic mass is 10.0. The number of morpholine rings is 1. The van der Waals surface area contributed by atoms with Gasteiger partial charge in [-0.3, -0.25) is 4.79 Å². The predicted molar refractivity (Wildman–Crippen MR) is 80.2 cm³/mol. The Hall–Kier alpha value is -1.30. The van der Waals surface area contributed by atoms with Crippen molar-refractivity contribution in [1.82, 2.24) is 10.2 Å². The van der Waals surface area contributed by atoms with Crippen LogP contribution in [0.1, 0.15) is 47.0 Å². The Kier molecular flexibility index (Phi) is 6.95. The van der Waals surface area contributed by atoms with E-state index in [-0.39, 0.29) is 30.1 Å². The fraction of sp³-hybridized carbons (Fsp3) is 0.867. The van der Waals surface area contributed by atoms with Crippen LogP contribution in [0, 0.1) is 5.92 Å². The number of aliphatic carboxylic acids is 1. The number of rotatable bonds is 6. The molecular weight excluding hydrogens is 272 g/mol. The number of carboxylic acids is 1. The van der Waals surface area contributed by atoms with Crippen molar-refractivity contribution in [2.24, 2.45) is 5.92 Å². The minimum Gasteiger partial charge on any atom is -0.481 e. The number of urea groups is 1. The second-order valence-electron chi connectivity index (χ2n) is 6.17. The summed E-state index contributed by atoms with van der Waals surface area (Å²) in [4.78, 5) is 24.8. The molecule has 0 bridgehead atoms. The predicted octanol–water partition coefficient (Wildman–Crippen LogP) is 2.08. The van der Waals surface area contributed by atoms with Crippen LogP contribution < -0.4 is 5.32 Å². The molecular formula is C15H28N2O4. The largest absolute Gasteiger partial charge is 0.481 e. The van der Waals surface area contributed by atoms with Crippen molar-refractivity contribution < 1.29 is 19.4 Å². The van der Waals surface area contributed by atoms with Gasteiger partial charge >= 0.3 is 12.0 Å². The minimum absolute atomic E-state index is 0.0452. The Bertz CT molecular complexity index is 362. The number of hydrogen-bond donors (Lipinski definition) is 2. The van der Waals surface area contributed by atoms with Gasteiger partial charge < -0.3 is 20.1 Å². The Morgan fingerprint density at radius 1 is 1.33 bits per heavy atom. The number of nitrogens with zero attached hydrogens (tertiary/aromatic N) is 1. The highest BCUT2D eigenvalue weighted by molar-refractivity contribution is 5.75. The Labute approximate surface area is 126 Å². The molecule has 2 amide bonds. The van der Waals surface area contributed by atoms with Gasteiger partial charge in [0, 0.05) is 12.6 Å². The van der Waals surface area contributed by atoms with E-state index in [1.54, 1.807) is 6.92 Å². The molecule has 122 valence electrons. The van der Waals surface area contributed by atoms with Crippen molar-refractivity contribution in [1.29, 1.82) is 0 Å². The second-order valence-corrected chi connectivity index (χ2v) is 6.17. The molecule has 6 nitrogen and oxygen atoms in total. The molecule has 1 aliphatic rings. The number of nitrogens with one attached hydrogen (secondary N) is 1. The number of ether oxygens (including phenoxy) is 1. The summed E-state index contributed by atoms with van der Waals surface area (Å²) in [5.74, 6) is -1.09. The molecule has 4 atom stereocenters. The van der Waals surface area contributed by atoms with E-state index in [1.165, 1.54) is 0 Å². The van der Waals surface area contributed by atoms with E-state index in [2.05, 4.69) is 5.32 Å². The van der Waals surface area contributed by atoms with Gasteiger partial charge in [0.1, 0.15) is 0 Å². The smallest absolute Gasteiger partial charge is 0.318 e. The maximum Gasteiger partial charge on any atom is 0.318 e. The van der Waals surface area contributed by atoms with Crippen LogP contribution in [0.25, 0.3) is 0 Å². The maximum absolute atomic E-state index is 12.2. The van der Waals surface area contributed by atoms with Crippen LogP contribution in [0.4, 0.5) is 4.79 Å². The van der Waals surface area contributed by atoms with Gasteiger partial charge in [-0.2, -0.15) is 0 Å². The Morgan fingerprint density at radius 3 is 2.62 bits per heavy atom. The number of carbonyl (C=O) groups excluding carboxylic acids is 1. The summed E-state index contributed by atoms with van der Waals surface area (Å²) in [6.45, 7) is 8.78. The Balaban J connectivity index is 2.31. The van der Waals surface area contributed by atoms with E-state index in [0.717, 1.165) is 12.8 Å². The monoisotopic (exact) mass is 300 g/mol. The highest BCUT2D eigenvalue weighted by Crippen LogP contribution is 2.13. The fourth-order valence-electron chi connectivity index (χ4n) is 2.41. The molecule has 1 fully saturated rings. The molecule has 0 saturated carbocycles. The van der Waals surface area contributed by atoms with Crippen molar-refractivity contribution >= 4 is 12.0 Å². The standard InChI is InChI=1S/C15H28N2O4/c1-10(14(18)19)6-5-7-11(2)16-15(20)17-8-13(4)21-9-12(17)3/h10-13H,5-9H2,1-4H3,(H,16,20)(H,18,19). The van der Waals surface area contributed by atoms with Gasteiger partial charge in [0.15, 0.2) is 0 Å². The quantitative estimate of drug-likeness (QED) is 0.787. The molecule has 0 radical (unpaired) electrons. The summed E-state index contributed by atoms with van der Waals surface area (Å²) in [6.07, 6.45) is 2.29. The molecule has 21 heavy (non-hydrogen) atoms. The lowest BCUT2D eigenvalue weighted by molar-refractivity contribution is -0.141. The van der Waals surface area contributed by atoms with Gasteiger partial charge in [0.2, 0.25) is 0 Å². The van der Waals surface area contributed by atoms with Gasteiger partial charge in [0.05, 0.1) is 24.7 Å². The van der Waals surface area contributed by atoms with Crippen molar-refractivity contribution in [3.63, 3.8) is 0 Å². The van der Waals surface area contributed by atoms with Crippen molar-refractivity contribution in [3.8, 4) is 0 Å². The summed E-state index contributed by atoms with van der Waals surface area (Å²) < 4.78 is 5.51. The topological polar surface area (TPSA) is 78.9 Å². The normalized spacial score (nSPS) is 25.2. The summed E-state index contributed by atoms with van der Waals surface area (Å²) >= 11 is 0. The first-order chi connectivity index (χ1) is 9.81.